The van der Waals surface area contributed by atoms with E-state index >= 15 is 0 Å². The number of aromatic amines is 1. The minimum atomic E-state index is -4.45. The molecule has 2 heterocycles. The zero-order valence-electron chi connectivity index (χ0n) is 14.3. The molecule has 0 saturated carbocycles. The minimum Gasteiger partial charge on any atom is -0.338 e. The van der Waals surface area contributed by atoms with E-state index in [9.17, 15) is 18.0 Å². The van der Waals surface area contributed by atoms with Crippen LogP contribution in [-0.4, -0.2) is 20.9 Å². The average molecular weight is 382 g/mol. The van der Waals surface area contributed by atoms with Gasteiger partial charge < -0.3 is 10.3 Å². The number of alkyl halides is 3. The van der Waals surface area contributed by atoms with E-state index in [1.165, 1.54) is 18.3 Å². The summed E-state index contributed by atoms with van der Waals surface area (Å²) in [5, 5.41) is 2.72. The third kappa shape index (κ3) is 3.44. The molecule has 28 heavy (non-hydrogen) atoms. The molecule has 2 N–H and O–H groups in total. The number of carbonyl (C=O) groups excluding carboxylic acids is 1. The number of fused-ring (bicyclic) bond motifs is 1. The largest absolute Gasteiger partial charge is 0.416 e. The van der Waals surface area contributed by atoms with Crippen LogP contribution in [0.1, 0.15) is 15.9 Å². The number of hydrogen-bond acceptors (Lipinski definition) is 3. The van der Waals surface area contributed by atoms with Crippen molar-refractivity contribution in [1.82, 2.24) is 15.0 Å². The number of amides is 1. The molecule has 0 bridgehead atoms. The molecular formula is C20H13F3N4O. The molecular weight excluding hydrogens is 369 g/mol. The van der Waals surface area contributed by atoms with Gasteiger partial charge in [-0.1, -0.05) is 18.2 Å². The van der Waals surface area contributed by atoms with E-state index in [4.69, 9.17) is 0 Å². The molecule has 2 aromatic carbocycles. The van der Waals surface area contributed by atoms with Gasteiger partial charge in [0.1, 0.15) is 11.3 Å². The van der Waals surface area contributed by atoms with Crippen molar-refractivity contribution < 1.29 is 18.0 Å². The Labute approximate surface area is 157 Å². The second-order valence-corrected chi connectivity index (χ2v) is 6.06. The lowest BCUT2D eigenvalue weighted by Crippen LogP contribution is -2.12. The first-order valence-corrected chi connectivity index (χ1v) is 8.29. The summed E-state index contributed by atoms with van der Waals surface area (Å²) < 4.78 is 38.9. The van der Waals surface area contributed by atoms with Gasteiger partial charge in [0.15, 0.2) is 0 Å². The highest BCUT2D eigenvalue weighted by Crippen LogP contribution is 2.32. The molecule has 0 atom stereocenters. The average Bonchev–Trinajstić information content (AvgIpc) is 3.12. The van der Waals surface area contributed by atoms with Crippen molar-refractivity contribution in [3.05, 3.63) is 78.1 Å². The Morgan fingerprint density at radius 1 is 1.04 bits per heavy atom. The number of para-hydroxylation sites is 1. The Bertz CT molecular complexity index is 1150. The second kappa shape index (κ2) is 6.80. The third-order valence-corrected chi connectivity index (χ3v) is 4.14. The van der Waals surface area contributed by atoms with Crippen LogP contribution in [0.2, 0.25) is 0 Å². The number of carbonyl (C=O) groups is 1. The van der Waals surface area contributed by atoms with Crippen LogP contribution < -0.4 is 5.32 Å². The molecule has 5 nitrogen and oxygen atoms in total. The number of nitrogens with one attached hydrogen (secondary N) is 2. The zero-order chi connectivity index (χ0) is 19.7. The van der Waals surface area contributed by atoms with Gasteiger partial charge in [-0.2, -0.15) is 13.2 Å². The first-order chi connectivity index (χ1) is 13.4. The summed E-state index contributed by atoms with van der Waals surface area (Å²) in [7, 11) is 0. The van der Waals surface area contributed by atoms with Crippen LogP contribution in [0, 0.1) is 0 Å². The minimum absolute atomic E-state index is 0.253. The SMILES string of the molecule is O=C(Nc1cccnc1)c1cccc2[nH]c(-c3cccc(C(F)(F)F)c3)nc12. The van der Waals surface area contributed by atoms with Gasteiger partial charge in [0.05, 0.1) is 28.5 Å². The maximum absolute atomic E-state index is 13.0. The predicted octanol–water partition coefficient (Wildman–Crippen LogP) is 4.90. The van der Waals surface area contributed by atoms with Gasteiger partial charge in [-0.15, -0.1) is 0 Å². The molecule has 140 valence electrons. The normalized spacial score (nSPS) is 11.5. The molecule has 2 aromatic heterocycles. The summed E-state index contributed by atoms with van der Waals surface area (Å²) in [5.74, 6) is -0.136. The molecule has 1 amide bonds. The first kappa shape index (κ1) is 17.7. The van der Waals surface area contributed by atoms with Crippen molar-refractivity contribution in [3.63, 3.8) is 0 Å². The van der Waals surface area contributed by atoms with Crippen molar-refractivity contribution in [2.45, 2.75) is 6.18 Å². The van der Waals surface area contributed by atoms with Crippen LogP contribution in [0.15, 0.2) is 67.0 Å². The number of rotatable bonds is 3. The van der Waals surface area contributed by atoms with Crippen molar-refractivity contribution >= 4 is 22.6 Å². The van der Waals surface area contributed by atoms with E-state index in [0.717, 1.165) is 12.1 Å². The van der Waals surface area contributed by atoms with Crippen LogP contribution in [0.4, 0.5) is 18.9 Å². The summed E-state index contributed by atoms with van der Waals surface area (Å²) >= 11 is 0. The van der Waals surface area contributed by atoms with Gasteiger partial charge in [-0.3, -0.25) is 9.78 Å². The number of aromatic nitrogens is 3. The predicted molar refractivity (Wildman–Crippen MR) is 98.7 cm³/mol. The van der Waals surface area contributed by atoms with Gasteiger partial charge in [0.25, 0.3) is 5.91 Å². The summed E-state index contributed by atoms with van der Waals surface area (Å²) in [6, 6.07) is 13.2. The van der Waals surface area contributed by atoms with Crippen LogP contribution in [0.25, 0.3) is 22.4 Å². The van der Waals surface area contributed by atoms with E-state index in [1.54, 1.807) is 36.5 Å². The van der Waals surface area contributed by atoms with Crippen LogP contribution in [0.3, 0.4) is 0 Å². The summed E-state index contributed by atoms with van der Waals surface area (Å²) in [4.78, 5) is 23.9. The Morgan fingerprint density at radius 2 is 1.86 bits per heavy atom. The molecule has 0 aliphatic rings. The smallest absolute Gasteiger partial charge is 0.338 e. The fraction of sp³-hybridized carbons (Fsp3) is 0.0500. The number of pyridine rings is 1. The summed E-state index contributed by atoms with van der Waals surface area (Å²) in [6.07, 6.45) is -1.35. The van der Waals surface area contributed by atoms with Gasteiger partial charge in [0, 0.05) is 11.8 Å². The first-order valence-electron chi connectivity index (χ1n) is 8.29. The quantitative estimate of drug-likeness (QED) is 0.530. The van der Waals surface area contributed by atoms with E-state index in [2.05, 4.69) is 20.3 Å². The van der Waals surface area contributed by atoms with E-state index in [-0.39, 0.29) is 17.3 Å². The molecule has 8 heteroatoms. The molecule has 0 spiro atoms. The second-order valence-electron chi connectivity index (χ2n) is 6.06. The fourth-order valence-corrected chi connectivity index (χ4v) is 2.83. The number of benzene rings is 2. The highest BCUT2D eigenvalue weighted by molar-refractivity contribution is 6.11. The van der Waals surface area contributed by atoms with Gasteiger partial charge >= 0.3 is 6.18 Å². The standard InChI is InChI=1S/C20H13F3N4O/c21-20(22,23)13-5-1-4-12(10-13)18-26-16-8-2-7-15(17(16)27-18)19(28)25-14-6-3-9-24-11-14/h1-11H,(H,25,28)(H,26,27). The molecule has 0 unspecified atom stereocenters. The fourth-order valence-electron chi connectivity index (χ4n) is 2.83. The molecule has 4 rings (SSSR count). The van der Waals surface area contributed by atoms with Crippen molar-refractivity contribution in [3.8, 4) is 11.4 Å². The lowest BCUT2D eigenvalue weighted by Gasteiger charge is -2.07. The van der Waals surface area contributed by atoms with E-state index < -0.39 is 11.7 Å². The molecule has 0 fully saturated rings. The molecule has 4 aromatic rings. The third-order valence-electron chi connectivity index (χ3n) is 4.14. The lowest BCUT2D eigenvalue weighted by molar-refractivity contribution is -0.137. The lowest BCUT2D eigenvalue weighted by atomic mass is 10.1. The number of hydrogen-bond donors (Lipinski definition) is 2. The highest BCUT2D eigenvalue weighted by Gasteiger charge is 2.30. The number of anilines is 1. The Hall–Kier alpha value is -3.68. The summed E-state index contributed by atoms with van der Waals surface area (Å²) in [6.45, 7) is 0. The van der Waals surface area contributed by atoms with Crippen LogP contribution in [0.5, 0.6) is 0 Å². The van der Waals surface area contributed by atoms with E-state index in [0.29, 0.717) is 22.3 Å². The maximum Gasteiger partial charge on any atom is 0.416 e. The Balaban J connectivity index is 1.73. The molecule has 0 saturated heterocycles. The Kier molecular flexibility index (Phi) is 4.31. The van der Waals surface area contributed by atoms with E-state index in [1.807, 2.05) is 0 Å². The zero-order valence-corrected chi connectivity index (χ0v) is 14.3. The van der Waals surface area contributed by atoms with Crippen molar-refractivity contribution in [2.75, 3.05) is 5.32 Å². The molecule has 0 aliphatic heterocycles. The number of nitrogens with zero attached hydrogens (tertiary/aromatic N) is 2. The topological polar surface area (TPSA) is 70.7 Å². The van der Waals surface area contributed by atoms with Crippen molar-refractivity contribution in [1.29, 1.82) is 0 Å². The monoisotopic (exact) mass is 382 g/mol. The van der Waals surface area contributed by atoms with Gasteiger partial charge in [-0.05, 0) is 36.4 Å². The summed E-state index contributed by atoms with van der Waals surface area (Å²) in [5.41, 5.74) is 1.26. The Morgan fingerprint density at radius 3 is 2.61 bits per heavy atom. The maximum atomic E-state index is 13.0. The molecule has 0 radical (unpaired) electrons. The van der Waals surface area contributed by atoms with Gasteiger partial charge in [0.2, 0.25) is 0 Å². The molecule has 0 aliphatic carbocycles. The number of H-pyrrole nitrogens is 1. The number of halogens is 3. The number of imidazole rings is 1. The van der Waals surface area contributed by atoms with Crippen LogP contribution >= 0.6 is 0 Å². The van der Waals surface area contributed by atoms with Gasteiger partial charge in [-0.25, -0.2) is 4.98 Å². The van der Waals surface area contributed by atoms with Crippen molar-refractivity contribution in [2.24, 2.45) is 0 Å². The van der Waals surface area contributed by atoms with Crippen LogP contribution in [-0.2, 0) is 6.18 Å². The highest BCUT2D eigenvalue weighted by atomic mass is 19.4.